The highest BCUT2D eigenvalue weighted by atomic mass is 35.5. The first kappa shape index (κ1) is 10.9. The summed E-state index contributed by atoms with van der Waals surface area (Å²) >= 11 is 5.93. The zero-order valence-electron chi connectivity index (χ0n) is 8.95. The van der Waals surface area contributed by atoms with Crippen LogP contribution in [-0.2, 0) is 4.74 Å². The number of aryl methyl sites for hydroxylation is 1. The van der Waals surface area contributed by atoms with Crippen LogP contribution in [0, 0.1) is 6.92 Å². The van der Waals surface area contributed by atoms with Crippen molar-refractivity contribution in [3.63, 3.8) is 0 Å². The Labute approximate surface area is 98.0 Å². The highest BCUT2D eigenvalue weighted by molar-refractivity contribution is 6.31. The number of hydrogen-bond acceptors (Lipinski definition) is 3. The number of ether oxygens (including phenoxy) is 1. The Bertz CT molecular complexity index is 566. The summed E-state index contributed by atoms with van der Waals surface area (Å²) in [5.41, 5.74) is 2.01. The van der Waals surface area contributed by atoms with Crippen molar-refractivity contribution in [1.82, 2.24) is 4.98 Å². The number of rotatable bonds is 1. The molecule has 1 heterocycles. The Kier molecular flexibility index (Phi) is 2.79. The van der Waals surface area contributed by atoms with Gasteiger partial charge in [-0.1, -0.05) is 17.7 Å². The quantitative estimate of drug-likeness (QED) is 0.714. The van der Waals surface area contributed by atoms with Crippen LogP contribution in [0.25, 0.3) is 10.9 Å². The van der Waals surface area contributed by atoms with Gasteiger partial charge in [-0.2, -0.15) is 0 Å². The zero-order chi connectivity index (χ0) is 11.7. The van der Waals surface area contributed by atoms with E-state index in [1.54, 1.807) is 6.07 Å². The van der Waals surface area contributed by atoms with E-state index in [1.807, 2.05) is 25.1 Å². The lowest BCUT2D eigenvalue weighted by molar-refractivity contribution is 0.0594. The molecule has 0 aliphatic heterocycles. The molecule has 0 radical (unpaired) electrons. The molecule has 1 aromatic heterocycles. The van der Waals surface area contributed by atoms with Gasteiger partial charge in [0.05, 0.1) is 12.6 Å². The van der Waals surface area contributed by atoms with Gasteiger partial charge in [0.25, 0.3) is 0 Å². The lowest BCUT2D eigenvalue weighted by atomic mass is 10.1. The van der Waals surface area contributed by atoms with Gasteiger partial charge >= 0.3 is 5.97 Å². The Morgan fingerprint density at radius 1 is 1.38 bits per heavy atom. The minimum absolute atomic E-state index is 0.306. The maximum Gasteiger partial charge on any atom is 0.356 e. The minimum Gasteiger partial charge on any atom is -0.464 e. The van der Waals surface area contributed by atoms with Crippen LogP contribution in [0.1, 0.15) is 16.1 Å². The molecule has 0 fully saturated rings. The fraction of sp³-hybridized carbons (Fsp3) is 0.167. The summed E-state index contributed by atoms with van der Waals surface area (Å²) in [6.07, 6.45) is 0. The number of aromatic nitrogens is 1. The molecular weight excluding hydrogens is 226 g/mol. The number of halogens is 1. The van der Waals surface area contributed by atoms with Crippen LogP contribution in [0.5, 0.6) is 0 Å². The van der Waals surface area contributed by atoms with Crippen molar-refractivity contribution in [2.45, 2.75) is 6.92 Å². The molecule has 0 aliphatic rings. The summed E-state index contributed by atoms with van der Waals surface area (Å²) < 4.78 is 4.62. The van der Waals surface area contributed by atoms with Crippen molar-refractivity contribution in [3.05, 3.63) is 40.5 Å². The molecule has 0 spiro atoms. The SMILES string of the molecule is COC(=O)c1ccc2cc(Cl)cc(C)c2n1. The van der Waals surface area contributed by atoms with E-state index in [4.69, 9.17) is 11.6 Å². The topological polar surface area (TPSA) is 39.2 Å². The zero-order valence-corrected chi connectivity index (χ0v) is 9.71. The lowest BCUT2D eigenvalue weighted by Crippen LogP contribution is -2.04. The van der Waals surface area contributed by atoms with Crippen LogP contribution in [0.2, 0.25) is 5.02 Å². The van der Waals surface area contributed by atoms with Gasteiger partial charge in [-0.15, -0.1) is 0 Å². The molecule has 1 aromatic carbocycles. The Morgan fingerprint density at radius 3 is 2.81 bits per heavy atom. The fourth-order valence-corrected chi connectivity index (χ4v) is 1.87. The third-order valence-electron chi connectivity index (χ3n) is 2.34. The summed E-state index contributed by atoms with van der Waals surface area (Å²) in [6.45, 7) is 1.91. The van der Waals surface area contributed by atoms with Crippen LogP contribution < -0.4 is 0 Å². The number of carbonyl (C=O) groups is 1. The van der Waals surface area contributed by atoms with Gasteiger partial charge in [0.15, 0.2) is 0 Å². The average molecular weight is 236 g/mol. The maximum atomic E-state index is 11.3. The van der Waals surface area contributed by atoms with E-state index >= 15 is 0 Å². The fourth-order valence-electron chi connectivity index (χ4n) is 1.59. The molecule has 4 heteroatoms. The normalized spacial score (nSPS) is 10.4. The van der Waals surface area contributed by atoms with E-state index in [0.717, 1.165) is 16.5 Å². The number of methoxy groups -OCH3 is 1. The second kappa shape index (κ2) is 4.10. The van der Waals surface area contributed by atoms with Crippen LogP contribution in [0.4, 0.5) is 0 Å². The third kappa shape index (κ3) is 1.86. The van der Waals surface area contributed by atoms with Gasteiger partial charge in [-0.25, -0.2) is 9.78 Å². The Hall–Kier alpha value is -1.61. The summed E-state index contributed by atoms with van der Waals surface area (Å²) in [5, 5.41) is 1.58. The molecule has 16 heavy (non-hydrogen) atoms. The Morgan fingerprint density at radius 2 is 2.12 bits per heavy atom. The van der Waals surface area contributed by atoms with E-state index in [0.29, 0.717) is 10.7 Å². The van der Waals surface area contributed by atoms with Gasteiger partial charge in [0.2, 0.25) is 0 Å². The molecular formula is C12H10ClNO2. The van der Waals surface area contributed by atoms with Gasteiger partial charge in [-0.05, 0) is 30.7 Å². The van der Waals surface area contributed by atoms with Crippen LogP contribution >= 0.6 is 11.6 Å². The van der Waals surface area contributed by atoms with E-state index in [2.05, 4.69) is 9.72 Å². The number of benzene rings is 1. The minimum atomic E-state index is -0.434. The first-order valence-corrected chi connectivity index (χ1v) is 5.15. The van der Waals surface area contributed by atoms with Crippen molar-refractivity contribution < 1.29 is 9.53 Å². The smallest absolute Gasteiger partial charge is 0.356 e. The van der Waals surface area contributed by atoms with E-state index in [1.165, 1.54) is 7.11 Å². The number of pyridine rings is 1. The number of fused-ring (bicyclic) bond motifs is 1. The molecule has 3 nitrogen and oxygen atoms in total. The molecule has 0 atom stereocenters. The van der Waals surface area contributed by atoms with E-state index in [9.17, 15) is 4.79 Å². The maximum absolute atomic E-state index is 11.3. The molecule has 0 saturated carbocycles. The number of esters is 1. The third-order valence-corrected chi connectivity index (χ3v) is 2.56. The van der Waals surface area contributed by atoms with Crippen molar-refractivity contribution in [2.75, 3.05) is 7.11 Å². The molecule has 0 unspecified atom stereocenters. The van der Waals surface area contributed by atoms with Crippen LogP contribution in [-0.4, -0.2) is 18.1 Å². The molecule has 0 N–H and O–H groups in total. The Balaban J connectivity index is 2.66. The van der Waals surface area contributed by atoms with Crippen LogP contribution in [0.3, 0.4) is 0 Å². The number of hydrogen-bond donors (Lipinski definition) is 0. The molecule has 0 bridgehead atoms. The first-order chi connectivity index (χ1) is 7.61. The molecule has 2 rings (SSSR count). The monoisotopic (exact) mass is 235 g/mol. The van der Waals surface area contributed by atoms with Crippen LogP contribution in [0.15, 0.2) is 24.3 Å². The van der Waals surface area contributed by atoms with E-state index in [-0.39, 0.29) is 0 Å². The summed E-state index contributed by atoms with van der Waals surface area (Å²) in [5.74, 6) is -0.434. The van der Waals surface area contributed by atoms with Crippen molar-refractivity contribution in [2.24, 2.45) is 0 Å². The second-order valence-corrected chi connectivity index (χ2v) is 3.92. The summed E-state index contributed by atoms with van der Waals surface area (Å²) in [4.78, 5) is 15.6. The molecule has 0 saturated heterocycles. The molecule has 0 aliphatic carbocycles. The van der Waals surface area contributed by atoms with Gasteiger partial charge in [0, 0.05) is 10.4 Å². The summed E-state index contributed by atoms with van der Waals surface area (Å²) in [6, 6.07) is 7.08. The van der Waals surface area contributed by atoms with Gasteiger partial charge in [0.1, 0.15) is 5.69 Å². The highest BCUT2D eigenvalue weighted by Gasteiger charge is 2.09. The standard InChI is InChI=1S/C12H10ClNO2/c1-7-5-9(13)6-8-3-4-10(12(15)16-2)14-11(7)8/h3-6H,1-2H3. The lowest BCUT2D eigenvalue weighted by Gasteiger charge is -2.04. The van der Waals surface area contributed by atoms with E-state index < -0.39 is 5.97 Å². The average Bonchev–Trinajstić information content (AvgIpc) is 2.27. The number of nitrogens with zero attached hydrogens (tertiary/aromatic N) is 1. The van der Waals surface area contributed by atoms with Crippen molar-refractivity contribution >= 4 is 28.5 Å². The second-order valence-electron chi connectivity index (χ2n) is 3.48. The predicted octanol–water partition coefficient (Wildman–Crippen LogP) is 2.98. The largest absolute Gasteiger partial charge is 0.464 e. The molecule has 0 amide bonds. The van der Waals surface area contributed by atoms with Crippen molar-refractivity contribution in [3.8, 4) is 0 Å². The summed E-state index contributed by atoms with van der Waals surface area (Å²) in [7, 11) is 1.34. The number of carbonyl (C=O) groups excluding carboxylic acids is 1. The molecule has 82 valence electrons. The first-order valence-electron chi connectivity index (χ1n) is 4.77. The van der Waals surface area contributed by atoms with Gasteiger partial charge < -0.3 is 4.74 Å². The highest BCUT2D eigenvalue weighted by Crippen LogP contribution is 2.22. The molecule has 2 aromatic rings. The van der Waals surface area contributed by atoms with Crippen molar-refractivity contribution in [1.29, 1.82) is 0 Å². The predicted molar refractivity (Wildman–Crippen MR) is 62.8 cm³/mol. The van der Waals surface area contributed by atoms with Gasteiger partial charge in [-0.3, -0.25) is 0 Å².